The monoisotopic (exact) mass is 358 g/mol. The predicted octanol–water partition coefficient (Wildman–Crippen LogP) is 5.36. The third kappa shape index (κ3) is 2.36. The van der Waals surface area contributed by atoms with Crippen molar-refractivity contribution < 1.29 is 9.21 Å². The molecule has 1 aliphatic rings. The SMILES string of the molecule is Cc1cccc2c1NC(=O)/C2=C\c1ccc(-c2nc3ccccc3s2)o1. The highest BCUT2D eigenvalue weighted by molar-refractivity contribution is 7.21. The number of nitrogens with one attached hydrogen (secondary N) is 1. The molecule has 5 rings (SSSR count). The standard InChI is InChI=1S/C21H14N2O2S/c1-12-5-4-6-14-15(20(24)23-19(12)14)11-13-9-10-17(25-13)21-22-16-7-2-3-8-18(16)26-21/h2-11H,1H3,(H,23,24)/b15-11-. The van der Waals surface area contributed by atoms with E-state index < -0.39 is 0 Å². The first kappa shape index (κ1) is 15.1. The second kappa shape index (κ2) is 5.68. The van der Waals surface area contributed by atoms with Gasteiger partial charge in [-0.3, -0.25) is 4.79 Å². The lowest BCUT2D eigenvalue weighted by atomic mass is 10.0. The molecule has 1 aliphatic heterocycles. The van der Waals surface area contributed by atoms with Gasteiger partial charge in [0.15, 0.2) is 10.8 Å². The summed E-state index contributed by atoms with van der Waals surface area (Å²) in [7, 11) is 0. The number of nitrogens with zero attached hydrogens (tertiary/aromatic N) is 1. The average Bonchev–Trinajstić information content (AvgIpc) is 3.34. The van der Waals surface area contributed by atoms with Crippen LogP contribution >= 0.6 is 11.3 Å². The minimum atomic E-state index is -0.104. The van der Waals surface area contributed by atoms with E-state index in [9.17, 15) is 4.79 Å². The van der Waals surface area contributed by atoms with E-state index in [1.54, 1.807) is 17.4 Å². The quantitative estimate of drug-likeness (QED) is 0.491. The zero-order valence-electron chi connectivity index (χ0n) is 13.9. The number of hydrogen-bond acceptors (Lipinski definition) is 4. The van der Waals surface area contributed by atoms with Gasteiger partial charge >= 0.3 is 0 Å². The Labute approximate surface area is 153 Å². The topological polar surface area (TPSA) is 55.1 Å². The van der Waals surface area contributed by atoms with Crippen LogP contribution in [0.1, 0.15) is 16.9 Å². The van der Waals surface area contributed by atoms with Gasteiger partial charge in [-0.25, -0.2) is 4.98 Å². The first-order valence-corrected chi connectivity index (χ1v) is 9.09. The van der Waals surface area contributed by atoms with Gasteiger partial charge < -0.3 is 9.73 Å². The first-order chi connectivity index (χ1) is 12.7. The highest BCUT2D eigenvalue weighted by Crippen LogP contribution is 2.36. The Balaban J connectivity index is 1.54. The van der Waals surface area contributed by atoms with Crippen LogP contribution in [0.2, 0.25) is 0 Å². The summed E-state index contributed by atoms with van der Waals surface area (Å²) in [4.78, 5) is 17.0. The van der Waals surface area contributed by atoms with E-state index in [1.165, 1.54) is 0 Å². The Hall–Kier alpha value is -3.18. The maximum atomic E-state index is 12.4. The summed E-state index contributed by atoms with van der Waals surface area (Å²) in [5.74, 6) is 1.24. The molecule has 26 heavy (non-hydrogen) atoms. The lowest BCUT2D eigenvalue weighted by Gasteiger charge is -2.01. The third-order valence-corrected chi connectivity index (χ3v) is 5.52. The molecule has 126 valence electrons. The molecule has 0 fully saturated rings. The van der Waals surface area contributed by atoms with Crippen LogP contribution in [-0.4, -0.2) is 10.9 Å². The molecule has 3 heterocycles. The first-order valence-electron chi connectivity index (χ1n) is 8.28. The molecule has 5 heteroatoms. The molecular formula is C21H14N2O2S. The molecule has 1 N–H and O–H groups in total. The summed E-state index contributed by atoms with van der Waals surface area (Å²) in [6.07, 6.45) is 1.79. The fourth-order valence-electron chi connectivity index (χ4n) is 3.17. The summed E-state index contributed by atoms with van der Waals surface area (Å²) in [5.41, 5.74) is 4.42. The van der Waals surface area contributed by atoms with E-state index in [0.717, 1.165) is 32.0 Å². The zero-order valence-corrected chi connectivity index (χ0v) is 14.8. The number of hydrogen-bond donors (Lipinski definition) is 1. The van der Waals surface area contributed by atoms with Crippen LogP contribution in [0.4, 0.5) is 5.69 Å². The van der Waals surface area contributed by atoms with Gasteiger partial charge in [-0.2, -0.15) is 0 Å². The van der Waals surface area contributed by atoms with Crippen LogP contribution < -0.4 is 5.32 Å². The van der Waals surface area contributed by atoms with Gasteiger partial charge in [-0.1, -0.05) is 30.3 Å². The smallest absolute Gasteiger partial charge is 0.256 e. The molecule has 0 saturated carbocycles. The predicted molar refractivity (Wildman–Crippen MR) is 105 cm³/mol. The molecule has 0 bridgehead atoms. The van der Waals surface area contributed by atoms with Gasteiger partial charge in [0.1, 0.15) is 5.76 Å². The van der Waals surface area contributed by atoms with Crippen molar-refractivity contribution in [3.05, 3.63) is 71.5 Å². The van der Waals surface area contributed by atoms with E-state index in [-0.39, 0.29) is 5.91 Å². The maximum Gasteiger partial charge on any atom is 0.256 e. The van der Waals surface area contributed by atoms with Crippen LogP contribution in [0.3, 0.4) is 0 Å². The molecule has 0 radical (unpaired) electrons. The van der Waals surface area contributed by atoms with Crippen LogP contribution in [-0.2, 0) is 4.79 Å². The second-order valence-corrected chi connectivity index (χ2v) is 7.23. The maximum absolute atomic E-state index is 12.4. The largest absolute Gasteiger partial charge is 0.454 e. The number of aromatic nitrogens is 1. The summed E-state index contributed by atoms with van der Waals surface area (Å²) >= 11 is 1.59. The minimum Gasteiger partial charge on any atom is -0.454 e. The molecule has 2 aromatic carbocycles. The van der Waals surface area contributed by atoms with Crippen molar-refractivity contribution in [2.45, 2.75) is 6.92 Å². The Kier molecular flexibility index (Phi) is 3.30. The number of aryl methyl sites for hydroxylation is 1. The van der Waals surface area contributed by atoms with Crippen LogP contribution in [0, 0.1) is 6.92 Å². The fraction of sp³-hybridized carbons (Fsp3) is 0.0476. The molecular weight excluding hydrogens is 344 g/mol. The average molecular weight is 358 g/mol. The van der Waals surface area contributed by atoms with Gasteiger partial charge in [0, 0.05) is 5.56 Å². The normalized spacial score (nSPS) is 14.8. The minimum absolute atomic E-state index is 0.104. The number of amides is 1. The second-order valence-electron chi connectivity index (χ2n) is 6.20. The van der Waals surface area contributed by atoms with Crippen molar-refractivity contribution in [1.29, 1.82) is 0 Å². The summed E-state index contributed by atoms with van der Waals surface area (Å²) in [6, 6.07) is 17.7. The number of para-hydroxylation sites is 2. The molecule has 0 spiro atoms. The Morgan fingerprint density at radius 2 is 1.96 bits per heavy atom. The molecule has 2 aromatic heterocycles. The van der Waals surface area contributed by atoms with Crippen molar-refractivity contribution in [1.82, 2.24) is 4.98 Å². The summed E-state index contributed by atoms with van der Waals surface area (Å²) in [6.45, 7) is 1.99. The van der Waals surface area contributed by atoms with Crippen molar-refractivity contribution in [3.8, 4) is 10.8 Å². The van der Waals surface area contributed by atoms with Crippen molar-refractivity contribution in [2.75, 3.05) is 5.32 Å². The number of rotatable bonds is 2. The molecule has 4 nitrogen and oxygen atoms in total. The Bertz CT molecular complexity index is 1170. The van der Waals surface area contributed by atoms with E-state index >= 15 is 0 Å². The molecule has 4 aromatic rings. The van der Waals surface area contributed by atoms with E-state index in [4.69, 9.17) is 4.42 Å². The van der Waals surface area contributed by atoms with Crippen LogP contribution in [0.5, 0.6) is 0 Å². The van der Waals surface area contributed by atoms with Crippen molar-refractivity contribution >= 4 is 44.8 Å². The highest BCUT2D eigenvalue weighted by Gasteiger charge is 2.25. The number of benzene rings is 2. The van der Waals surface area contributed by atoms with Crippen molar-refractivity contribution in [2.24, 2.45) is 0 Å². The van der Waals surface area contributed by atoms with E-state index in [2.05, 4.69) is 10.3 Å². The fourth-order valence-corrected chi connectivity index (χ4v) is 4.10. The lowest BCUT2D eigenvalue weighted by molar-refractivity contribution is -0.110. The Morgan fingerprint density at radius 1 is 1.08 bits per heavy atom. The molecule has 0 atom stereocenters. The van der Waals surface area contributed by atoms with Gasteiger partial charge in [-0.15, -0.1) is 11.3 Å². The molecule has 0 unspecified atom stereocenters. The zero-order chi connectivity index (χ0) is 17.7. The number of fused-ring (bicyclic) bond motifs is 2. The van der Waals surface area contributed by atoms with Gasteiger partial charge in [-0.05, 0) is 42.8 Å². The van der Waals surface area contributed by atoms with E-state index in [1.807, 2.05) is 61.5 Å². The van der Waals surface area contributed by atoms with Crippen LogP contribution in [0.25, 0.3) is 32.6 Å². The summed E-state index contributed by atoms with van der Waals surface area (Å²) in [5, 5.41) is 3.77. The summed E-state index contributed by atoms with van der Waals surface area (Å²) < 4.78 is 7.07. The van der Waals surface area contributed by atoms with E-state index in [0.29, 0.717) is 17.1 Å². The molecule has 0 saturated heterocycles. The van der Waals surface area contributed by atoms with Crippen LogP contribution in [0.15, 0.2) is 59.0 Å². The van der Waals surface area contributed by atoms with Crippen molar-refractivity contribution in [3.63, 3.8) is 0 Å². The number of carbonyl (C=O) groups excluding carboxylic acids is 1. The number of anilines is 1. The molecule has 0 aliphatic carbocycles. The highest BCUT2D eigenvalue weighted by atomic mass is 32.1. The van der Waals surface area contributed by atoms with Gasteiger partial charge in [0.25, 0.3) is 5.91 Å². The lowest BCUT2D eigenvalue weighted by Crippen LogP contribution is -2.04. The number of furan rings is 1. The number of carbonyl (C=O) groups is 1. The van der Waals surface area contributed by atoms with Gasteiger partial charge in [0.2, 0.25) is 0 Å². The van der Waals surface area contributed by atoms with Gasteiger partial charge in [0.05, 0.1) is 21.5 Å². The molecule has 1 amide bonds. The Morgan fingerprint density at radius 3 is 2.85 bits per heavy atom. The third-order valence-electron chi connectivity index (χ3n) is 4.46. The number of thiazole rings is 1.